The third-order valence-electron chi connectivity index (χ3n) is 1.80. The van der Waals surface area contributed by atoms with Gasteiger partial charge in [0, 0.05) is 12.2 Å². The minimum atomic E-state index is -0.299. The van der Waals surface area contributed by atoms with Crippen LogP contribution in [0.4, 0.5) is 10.1 Å². The molecule has 0 heterocycles. The van der Waals surface area contributed by atoms with Gasteiger partial charge in [-0.25, -0.2) is 4.39 Å². The summed E-state index contributed by atoms with van der Waals surface area (Å²) in [5.74, 6) is -0.299. The van der Waals surface area contributed by atoms with E-state index in [4.69, 9.17) is 24.4 Å². The first-order chi connectivity index (χ1) is 8.61. The van der Waals surface area contributed by atoms with Crippen LogP contribution in [0.25, 0.3) is 0 Å². The lowest BCUT2D eigenvalue weighted by Crippen LogP contribution is -2.48. The van der Waals surface area contributed by atoms with Gasteiger partial charge in [0.25, 0.3) is 0 Å². The van der Waals surface area contributed by atoms with Crippen LogP contribution in [0.15, 0.2) is 36.9 Å². The van der Waals surface area contributed by atoms with Crippen LogP contribution in [0.5, 0.6) is 0 Å². The lowest BCUT2D eigenvalue weighted by Gasteiger charge is -2.13. The third kappa shape index (κ3) is 5.55. The normalized spacial score (nSPS) is 9.17. The first-order valence-corrected chi connectivity index (χ1v) is 5.91. The average Bonchev–Trinajstić information content (AvgIpc) is 2.36. The van der Waals surface area contributed by atoms with Crippen molar-refractivity contribution in [2.24, 2.45) is 0 Å². The monoisotopic (exact) mass is 284 g/mol. The molecule has 0 spiro atoms. The fourth-order valence-corrected chi connectivity index (χ4v) is 1.32. The van der Waals surface area contributed by atoms with E-state index in [0.717, 1.165) is 0 Å². The van der Waals surface area contributed by atoms with Crippen molar-refractivity contribution in [3.63, 3.8) is 0 Å². The molecule has 7 heteroatoms. The van der Waals surface area contributed by atoms with Crippen LogP contribution in [-0.2, 0) is 0 Å². The Balaban J connectivity index is 2.31. The van der Waals surface area contributed by atoms with Crippen molar-refractivity contribution in [2.45, 2.75) is 0 Å². The summed E-state index contributed by atoms with van der Waals surface area (Å²) in [5.41, 5.74) is 6.07. The highest BCUT2D eigenvalue weighted by Gasteiger charge is 1.98. The number of nitrogens with one attached hydrogen (secondary N) is 4. The summed E-state index contributed by atoms with van der Waals surface area (Å²) in [5, 5.41) is 6.45. The molecule has 0 saturated carbocycles. The minimum absolute atomic E-state index is 0.299. The fourth-order valence-electron chi connectivity index (χ4n) is 1.02. The zero-order chi connectivity index (χ0) is 13.4. The van der Waals surface area contributed by atoms with Crippen LogP contribution < -0.4 is 21.5 Å². The van der Waals surface area contributed by atoms with Gasteiger partial charge in [-0.3, -0.25) is 10.9 Å². The average molecular weight is 284 g/mol. The predicted octanol–water partition coefficient (Wildman–Crippen LogP) is 1.68. The van der Waals surface area contributed by atoms with Gasteiger partial charge in [-0.2, -0.15) is 0 Å². The number of thiocarbonyl (C=S) groups is 2. The highest BCUT2D eigenvalue weighted by Crippen LogP contribution is 2.07. The van der Waals surface area contributed by atoms with E-state index in [1.54, 1.807) is 18.2 Å². The van der Waals surface area contributed by atoms with E-state index in [1.165, 1.54) is 12.1 Å². The molecule has 0 atom stereocenters. The molecule has 18 heavy (non-hydrogen) atoms. The second kappa shape index (κ2) is 7.57. The molecule has 0 aromatic heterocycles. The van der Waals surface area contributed by atoms with E-state index in [1.807, 2.05) is 0 Å². The first kappa shape index (κ1) is 14.3. The van der Waals surface area contributed by atoms with Gasteiger partial charge >= 0.3 is 0 Å². The molecule has 0 radical (unpaired) electrons. The number of benzene rings is 1. The Morgan fingerprint density at radius 3 is 2.39 bits per heavy atom. The maximum Gasteiger partial charge on any atom is 0.189 e. The van der Waals surface area contributed by atoms with Gasteiger partial charge in [-0.05, 0) is 48.7 Å². The molecule has 0 aliphatic rings. The van der Waals surface area contributed by atoms with Crippen LogP contribution in [0.2, 0.25) is 0 Å². The Labute approximate surface area is 116 Å². The minimum Gasteiger partial charge on any atom is -0.358 e. The third-order valence-corrected chi connectivity index (χ3v) is 2.25. The maximum atomic E-state index is 12.7. The van der Waals surface area contributed by atoms with Gasteiger partial charge < -0.3 is 10.6 Å². The number of hydrogen-bond acceptors (Lipinski definition) is 2. The first-order valence-electron chi connectivity index (χ1n) is 5.09. The molecule has 0 aliphatic carbocycles. The summed E-state index contributed by atoms with van der Waals surface area (Å²) in [7, 11) is 0. The van der Waals surface area contributed by atoms with Gasteiger partial charge in [0.1, 0.15) is 5.82 Å². The molecule has 1 rings (SSSR count). The van der Waals surface area contributed by atoms with E-state index < -0.39 is 0 Å². The highest BCUT2D eigenvalue weighted by atomic mass is 32.1. The molecular formula is C11H13FN4S2. The van der Waals surface area contributed by atoms with Gasteiger partial charge in [0.05, 0.1) is 0 Å². The number of hydrazine groups is 1. The topological polar surface area (TPSA) is 48.1 Å². The molecule has 0 fully saturated rings. The molecular weight excluding hydrogens is 271 g/mol. The summed E-state index contributed by atoms with van der Waals surface area (Å²) in [6.45, 7) is 4.11. The Morgan fingerprint density at radius 2 is 1.78 bits per heavy atom. The zero-order valence-electron chi connectivity index (χ0n) is 9.50. The van der Waals surface area contributed by atoms with Crippen LogP contribution in [-0.4, -0.2) is 16.8 Å². The summed E-state index contributed by atoms with van der Waals surface area (Å²) < 4.78 is 12.7. The van der Waals surface area contributed by atoms with Crippen molar-refractivity contribution >= 4 is 40.3 Å². The van der Waals surface area contributed by atoms with Crippen molar-refractivity contribution in [3.05, 3.63) is 42.7 Å². The fraction of sp³-hybridized carbons (Fsp3) is 0.0909. The molecule has 0 saturated heterocycles. The van der Waals surface area contributed by atoms with Crippen molar-refractivity contribution in [2.75, 3.05) is 11.9 Å². The summed E-state index contributed by atoms with van der Waals surface area (Å²) in [4.78, 5) is 0. The number of anilines is 1. The molecule has 1 aromatic rings. The summed E-state index contributed by atoms with van der Waals surface area (Å²) in [6.07, 6.45) is 1.68. The Morgan fingerprint density at radius 1 is 1.17 bits per heavy atom. The van der Waals surface area contributed by atoms with Gasteiger partial charge in [-0.1, -0.05) is 6.08 Å². The largest absolute Gasteiger partial charge is 0.358 e. The van der Waals surface area contributed by atoms with Crippen LogP contribution in [0, 0.1) is 5.82 Å². The molecule has 1 aromatic carbocycles. The Bertz CT molecular complexity index is 433. The SMILES string of the molecule is C=CCNC(=S)NNC(=S)Nc1ccc(F)cc1. The maximum absolute atomic E-state index is 12.7. The quantitative estimate of drug-likeness (QED) is 0.385. The van der Waals surface area contributed by atoms with Gasteiger partial charge in [0.2, 0.25) is 0 Å². The smallest absolute Gasteiger partial charge is 0.189 e. The van der Waals surface area contributed by atoms with Crippen molar-refractivity contribution in [3.8, 4) is 0 Å². The van der Waals surface area contributed by atoms with Gasteiger partial charge in [0.15, 0.2) is 10.2 Å². The molecule has 0 aliphatic heterocycles. The second-order valence-corrected chi connectivity index (χ2v) is 4.03. The highest BCUT2D eigenvalue weighted by molar-refractivity contribution is 7.80. The van der Waals surface area contributed by atoms with Crippen LogP contribution in [0.3, 0.4) is 0 Å². The number of halogens is 1. The Kier molecular flexibility index (Phi) is 6.03. The molecule has 4 nitrogen and oxygen atoms in total. The molecule has 0 amide bonds. The van der Waals surface area contributed by atoms with E-state index >= 15 is 0 Å². The van der Waals surface area contributed by atoms with E-state index in [9.17, 15) is 4.39 Å². The van der Waals surface area contributed by atoms with Crippen molar-refractivity contribution in [1.82, 2.24) is 16.2 Å². The zero-order valence-corrected chi connectivity index (χ0v) is 11.1. The molecule has 0 unspecified atom stereocenters. The van der Waals surface area contributed by atoms with Gasteiger partial charge in [-0.15, -0.1) is 6.58 Å². The van der Waals surface area contributed by atoms with E-state index in [-0.39, 0.29) is 5.82 Å². The van der Waals surface area contributed by atoms with Crippen molar-refractivity contribution in [1.29, 1.82) is 0 Å². The molecule has 96 valence electrons. The van der Waals surface area contributed by atoms with Crippen LogP contribution in [0.1, 0.15) is 0 Å². The van der Waals surface area contributed by atoms with E-state index in [0.29, 0.717) is 22.5 Å². The second-order valence-electron chi connectivity index (χ2n) is 3.21. The van der Waals surface area contributed by atoms with Crippen LogP contribution >= 0.6 is 24.4 Å². The Hall–Kier alpha value is -1.73. The molecule has 4 N–H and O–H groups in total. The predicted molar refractivity (Wildman–Crippen MR) is 79.7 cm³/mol. The lowest BCUT2D eigenvalue weighted by atomic mass is 10.3. The van der Waals surface area contributed by atoms with E-state index in [2.05, 4.69) is 28.1 Å². The standard InChI is InChI=1S/C11H13FN4S2/c1-2-7-13-10(17)15-16-11(18)14-9-5-3-8(12)4-6-9/h2-6H,1,7H2,(H2,13,15,17)(H2,14,16,18). The lowest BCUT2D eigenvalue weighted by molar-refractivity contribution is 0.628. The van der Waals surface area contributed by atoms with Crippen molar-refractivity contribution < 1.29 is 4.39 Å². The summed E-state index contributed by atoms with van der Waals surface area (Å²) >= 11 is 9.96. The summed E-state index contributed by atoms with van der Waals surface area (Å²) in [6, 6.07) is 5.85. The molecule has 0 bridgehead atoms. The number of hydrogen-bond donors (Lipinski definition) is 4. The number of rotatable bonds is 3.